The summed E-state index contributed by atoms with van der Waals surface area (Å²) in [6.07, 6.45) is 9.93. The molecule has 1 aromatic heterocycles. The van der Waals surface area contributed by atoms with Crippen molar-refractivity contribution in [3.05, 3.63) is 18.2 Å². The molecule has 0 aromatic carbocycles. The van der Waals surface area contributed by atoms with Crippen molar-refractivity contribution in [1.29, 1.82) is 0 Å². The lowest BCUT2D eigenvalue weighted by Crippen LogP contribution is -2.39. The predicted octanol–water partition coefficient (Wildman–Crippen LogP) is 0.989. The number of nitrogens with one attached hydrogen (secondary N) is 3. The van der Waals surface area contributed by atoms with E-state index in [2.05, 4.69) is 20.6 Å². The highest BCUT2D eigenvalue weighted by atomic mass is 16.1. The summed E-state index contributed by atoms with van der Waals surface area (Å²) in [4.78, 5) is 19.1. The number of imidazole rings is 1. The van der Waals surface area contributed by atoms with Gasteiger partial charge in [0.15, 0.2) is 0 Å². The third-order valence-corrected chi connectivity index (χ3v) is 4.28. The molecule has 3 rings (SSSR count). The maximum atomic E-state index is 11.9. The van der Waals surface area contributed by atoms with E-state index in [4.69, 9.17) is 0 Å². The second-order valence-corrected chi connectivity index (χ2v) is 5.82. The first kappa shape index (κ1) is 12.7. The third kappa shape index (κ3) is 3.35. The van der Waals surface area contributed by atoms with Gasteiger partial charge in [-0.2, -0.15) is 0 Å². The van der Waals surface area contributed by atoms with Crippen LogP contribution in [0.1, 0.15) is 37.9 Å². The highest BCUT2D eigenvalue weighted by Gasteiger charge is 2.33. The number of fused-ring (bicyclic) bond motifs is 2. The maximum absolute atomic E-state index is 11.9. The smallest absolute Gasteiger partial charge is 0.220 e. The first-order chi connectivity index (χ1) is 9.29. The van der Waals surface area contributed by atoms with Gasteiger partial charge in [-0.15, -0.1) is 0 Å². The second kappa shape index (κ2) is 5.74. The molecule has 2 aliphatic rings. The number of carbonyl (C=O) groups is 1. The average Bonchev–Trinajstić information content (AvgIpc) is 2.99. The zero-order valence-corrected chi connectivity index (χ0v) is 11.2. The fraction of sp³-hybridized carbons (Fsp3) is 0.714. The molecule has 5 nitrogen and oxygen atoms in total. The van der Waals surface area contributed by atoms with E-state index in [0.717, 1.165) is 12.2 Å². The van der Waals surface area contributed by atoms with Crippen LogP contribution >= 0.6 is 0 Å². The van der Waals surface area contributed by atoms with Crippen LogP contribution in [-0.2, 0) is 11.2 Å². The van der Waals surface area contributed by atoms with Crippen LogP contribution in [0, 0.1) is 5.92 Å². The summed E-state index contributed by atoms with van der Waals surface area (Å²) in [5.74, 6) is 1.69. The number of carbonyl (C=O) groups excluding carboxylic acids is 1. The van der Waals surface area contributed by atoms with Gasteiger partial charge in [-0.3, -0.25) is 4.79 Å². The number of piperidine rings is 1. The average molecular weight is 262 g/mol. The summed E-state index contributed by atoms with van der Waals surface area (Å²) in [7, 11) is 0. The number of amides is 1. The van der Waals surface area contributed by atoms with Gasteiger partial charge in [0, 0.05) is 43.9 Å². The molecule has 3 N–H and O–H groups in total. The van der Waals surface area contributed by atoms with Gasteiger partial charge in [0.25, 0.3) is 0 Å². The molecule has 5 heteroatoms. The highest BCUT2D eigenvalue weighted by Crippen LogP contribution is 2.32. The number of hydrogen-bond acceptors (Lipinski definition) is 3. The van der Waals surface area contributed by atoms with E-state index in [9.17, 15) is 4.79 Å². The molecule has 2 fully saturated rings. The van der Waals surface area contributed by atoms with E-state index in [0.29, 0.717) is 31.0 Å². The zero-order chi connectivity index (χ0) is 13.1. The van der Waals surface area contributed by atoms with Crippen LogP contribution in [0.2, 0.25) is 0 Å². The van der Waals surface area contributed by atoms with Crippen LogP contribution in [0.25, 0.3) is 0 Å². The summed E-state index contributed by atoms with van der Waals surface area (Å²) in [6.45, 7) is 0.671. The van der Waals surface area contributed by atoms with Crippen LogP contribution in [-0.4, -0.2) is 34.5 Å². The number of hydrogen-bond donors (Lipinski definition) is 3. The SMILES string of the molecule is O=C(CC1CC2CCC(C1)N2)NCCc1ncc[nH]1. The Kier molecular flexibility index (Phi) is 3.82. The molecule has 2 unspecified atom stereocenters. The Hall–Kier alpha value is -1.36. The van der Waals surface area contributed by atoms with Gasteiger partial charge in [0.1, 0.15) is 5.82 Å². The van der Waals surface area contributed by atoms with Crippen molar-refractivity contribution in [2.24, 2.45) is 5.92 Å². The Balaban J connectivity index is 1.37. The van der Waals surface area contributed by atoms with E-state index in [1.54, 1.807) is 6.20 Å². The van der Waals surface area contributed by atoms with Crippen LogP contribution < -0.4 is 10.6 Å². The van der Waals surface area contributed by atoms with Crippen molar-refractivity contribution >= 4 is 5.91 Å². The van der Waals surface area contributed by atoms with Gasteiger partial charge in [-0.05, 0) is 31.6 Å². The maximum Gasteiger partial charge on any atom is 0.220 e. The van der Waals surface area contributed by atoms with Crippen LogP contribution in [0.4, 0.5) is 0 Å². The van der Waals surface area contributed by atoms with Gasteiger partial charge < -0.3 is 15.6 Å². The summed E-state index contributed by atoms with van der Waals surface area (Å²) in [5.41, 5.74) is 0. The minimum atomic E-state index is 0.192. The number of aromatic nitrogens is 2. The Bertz CT molecular complexity index is 405. The Labute approximate surface area is 113 Å². The van der Waals surface area contributed by atoms with E-state index < -0.39 is 0 Å². The molecule has 1 aromatic rings. The molecule has 2 atom stereocenters. The second-order valence-electron chi connectivity index (χ2n) is 5.82. The quantitative estimate of drug-likeness (QED) is 0.741. The van der Waals surface area contributed by atoms with E-state index in [-0.39, 0.29) is 5.91 Å². The lowest BCUT2D eigenvalue weighted by molar-refractivity contribution is -0.122. The Morgan fingerprint density at radius 1 is 1.37 bits per heavy atom. The minimum Gasteiger partial charge on any atom is -0.356 e. The van der Waals surface area contributed by atoms with Crippen molar-refractivity contribution < 1.29 is 4.79 Å². The molecular weight excluding hydrogens is 240 g/mol. The molecule has 0 radical (unpaired) electrons. The van der Waals surface area contributed by atoms with Gasteiger partial charge in [0.2, 0.25) is 5.91 Å². The molecule has 3 heterocycles. The lowest BCUT2D eigenvalue weighted by Gasteiger charge is -2.28. The molecule has 2 bridgehead atoms. The Morgan fingerprint density at radius 2 is 2.16 bits per heavy atom. The fourth-order valence-electron chi connectivity index (χ4n) is 3.43. The summed E-state index contributed by atoms with van der Waals surface area (Å²) in [5, 5.41) is 6.61. The van der Waals surface area contributed by atoms with Crippen molar-refractivity contribution in [3.8, 4) is 0 Å². The van der Waals surface area contributed by atoms with E-state index in [1.165, 1.54) is 25.7 Å². The normalized spacial score (nSPS) is 29.4. The summed E-state index contributed by atoms with van der Waals surface area (Å²) >= 11 is 0. The third-order valence-electron chi connectivity index (χ3n) is 4.28. The van der Waals surface area contributed by atoms with Crippen molar-refractivity contribution in [2.75, 3.05) is 6.54 Å². The number of rotatable bonds is 5. The van der Waals surface area contributed by atoms with Crippen molar-refractivity contribution in [1.82, 2.24) is 20.6 Å². The number of H-pyrrole nitrogens is 1. The Morgan fingerprint density at radius 3 is 2.84 bits per heavy atom. The van der Waals surface area contributed by atoms with Crippen molar-refractivity contribution in [2.45, 2.75) is 50.6 Å². The molecular formula is C14H22N4O. The van der Waals surface area contributed by atoms with E-state index in [1.807, 2.05) is 6.20 Å². The molecule has 2 aliphatic heterocycles. The molecule has 1 amide bonds. The zero-order valence-electron chi connectivity index (χ0n) is 11.2. The van der Waals surface area contributed by atoms with Crippen LogP contribution in [0.3, 0.4) is 0 Å². The summed E-state index contributed by atoms with van der Waals surface area (Å²) in [6, 6.07) is 1.33. The van der Waals surface area contributed by atoms with Gasteiger partial charge >= 0.3 is 0 Å². The standard InChI is InChI=1S/C14H22N4O/c19-14(17-4-3-13-15-5-6-16-13)9-10-7-11-1-2-12(8-10)18-11/h5-6,10-12,18H,1-4,7-9H2,(H,15,16)(H,17,19). The molecule has 0 saturated carbocycles. The van der Waals surface area contributed by atoms with Crippen LogP contribution in [0.5, 0.6) is 0 Å². The number of aromatic amines is 1. The molecule has 0 aliphatic carbocycles. The molecule has 2 saturated heterocycles. The first-order valence-corrected chi connectivity index (χ1v) is 7.30. The minimum absolute atomic E-state index is 0.192. The van der Waals surface area contributed by atoms with Crippen molar-refractivity contribution in [3.63, 3.8) is 0 Å². The van der Waals surface area contributed by atoms with Gasteiger partial charge in [0.05, 0.1) is 0 Å². The largest absolute Gasteiger partial charge is 0.356 e. The van der Waals surface area contributed by atoms with Crippen LogP contribution in [0.15, 0.2) is 12.4 Å². The monoisotopic (exact) mass is 262 g/mol. The van der Waals surface area contributed by atoms with Gasteiger partial charge in [-0.1, -0.05) is 0 Å². The summed E-state index contributed by atoms with van der Waals surface area (Å²) < 4.78 is 0. The topological polar surface area (TPSA) is 69.8 Å². The van der Waals surface area contributed by atoms with Gasteiger partial charge in [-0.25, -0.2) is 4.98 Å². The molecule has 19 heavy (non-hydrogen) atoms. The highest BCUT2D eigenvalue weighted by molar-refractivity contribution is 5.76. The molecule has 0 spiro atoms. The van der Waals surface area contributed by atoms with E-state index >= 15 is 0 Å². The number of nitrogens with zero attached hydrogens (tertiary/aromatic N) is 1. The lowest BCUT2D eigenvalue weighted by atomic mass is 9.89. The fourth-order valence-corrected chi connectivity index (χ4v) is 3.43. The first-order valence-electron chi connectivity index (χ1n) is 7.30. The predicted molar refractivity (Wildman–Crippen MR) is 72.6 cm³/mol. The molecule has 104 valence electrons.